The SMILES string of the molecule is C/C(=C/C(C)C=CC1C=CC(C)(C)CC1)C(C)C#Cc1ccc(C)cc1.CC.CC. The van der Waals surface area contributed by atoms with Gasteiger partial charge in [-0.05, 0) is 63.0 Å². The van der Waals surface area contributed by atoms with Crippen molar-refractivity contribution in [3.63, 3.8) is 0 Å². The Morgan fingerprint density at radius 1 is 1.07 bits per heavy atom. The van der Waals surface area contributed by atoms with Crippen molar-refractivity contribution in [3.05, 3.63) is 71.3 Å². The molecule has 1 aliphatic rings. The van der Waals surface area contributed by atoms with Crippen molar-refractivity contribution in [3.8, 4) is 11.8 Å². The zero-order valence-corrected chi connectivity index (χ0v) is 21.3. The predicted octanol–water partition coefficient (Wildman–Crippen LogP) is 9.17. The maximum absolute atomic E-state index is 3.38. The first-order chi connectivity index (χ1) is 14.2. The molecular formula is C30H46. The van der Waals surface area contributed by atoms with E-state index in [-0.39, 0.29) is 5.92 Å². The van der Waals surface area contributed by atoms with E-state index in [2.05, 4.69) is 108 Å². The Morgan fingerprint density at radius 2 is 1.67 bits per heavy atom. The van der Waals surface area contributed by atoms with E-state index in [4.69, 9.17) is 0 Å². The molecular weight excluding hydrogens is 360 g/mol. The van der Waals surface area contributed by atoms with Gasteiger partial charge >= 0.3 is 0 Å². The molecule has 0 spiro atoms. The van der Waals surface area contributed by atoms with Crippen molar-refractivity contribution in [1.82, 2.24) is 0 Å². The largest absolute Gasteiger partial charge is 0.0903 e. The molecule has 0 bridgehead atoms. The van der Waals surface area contributed by atoms with Gasteiger partial charge in [0.05, 0.1) is 0 Å². The molecule has 0 saturated heterocycles. The van der Waals surface area contributed by atoms with Gasteiger partial charge in [0.25, 0.3) is 0 Å². The highest BCUT2D eigenvalue weighted by molar-refractivity contribution is 5.37. The molecule has 0 heterocycles. The Hall–Kier alpha value is -2.00. The third-order valence-electron chi connectivity index (χ3n) is 5.27. The second-order valence-corrected chi connectivity index (χ2v) is 8.56. The number of rotatable bonds is 4. The second-order valence-electron chi connectivity index (χ2n) is 8.56. The molecule has 0 radical (unpaired) electrons. The quantitative estimate of drug-likeness (QED) is 0.345. The topological polar surface area (TPSA) is 0 Å². The first-order valence-electron chi connectivity index (χ1n) is 11.9. The molecule has 3 unspecified atom stereocenters. The third kappa shape index (κ3) is 11.3. The van der Waals surface area contributed by atoms with Crippen LogP contribution in [0.4, 0.5) is 0 Å². The maximum Gasteiger partial charge on any atom is 0.0384 e. The van der Waals surface area contributed by atoms with Crippen LogP contribution >= 0.6 is 0 Å². The lowest BCUT2D eigenvalue weighted by Gasteiger charge is -2.27. The first-order valence-corrected chi connectivity index (χ1v) is 11.9. The first kappa shape index (κ1) is 28.0. The fourth-order valence-corrected chi connectivity index (χ4v) is 3.14. The van der Waals surface area contributed by atoms with E-state index in [0.717, 1.165) is 5.56 Å². The molecule has 0 nitrogen and oxygen atoms in total. The summed E-state index contributed by atoms with van der Waals surface area (Å²) in [5.74, 6) is 8.01. The van der Waals surface area contributed by atoms with Gasteiger partial charge in [-0.1, -0.05) is 114 Å². The van der Waals surface area contributed by atoms with Gasteiger partial charge in [0.15, 0.2) is 0 Å². The van der Waals surface area contributed by atoms with Crippen LogP contribution in [0.5, 0.6) is 0 Å². The van der Waals surface area contributed by atoms with Crippen LogP contribution in [-0.4, -0.2) is 0 Å². The summed E-state index contributed by atoms with van der Waals surface area (Å²) < 4.78 is 0. The fraction of sp³-hybridized carbons (Fsp3) is 0.533. The standard InChI is InChI=1S/C26H34.2C2H6/c1-20-7-11-24(12-8-20)14-10-22(3)23(4)19-21(2)9-13-25-15-17-26(5,6)18-16-25;2*1-2/h7-9,11-13,15,17,19,21-22,25H,16,18H2,1-6H3;2*1-2H3/b13-9?,23-19-;;. The lowest BCUT2D eigenvalue weighted by atomic mass is 9.79. The number of hydrogen-bond acceptors (Lipinski definition) is 0. The molecule has 0 N–H and O–H groups in total. The molecule has 0 heteroatoms. The molecule has 1 aliphatic carbocycles. The maximum atomic E-state index is 3.38. The van der Waals surface area contributed by atoms with E-state index in [1.807, 2.05) is 27.7 Å². The average Bonchev–Trinajstić information content (AvgIpc) is 2.75. The normalized spacial score (nSPS) is 19.4. The van der Waals surface area contributed by atoms with Gasteiger partial charge in [-0.3, -0.25) is 0 Å². The van der Waals surface area contributed by atoms with E-state index in [0.29, 0.717) is 17.3 Å². The zero-order chi connectivity index (χ0) is 23.2. The van der Waals surface area contributed by atoms with Gasteiger partial charge in [0.1, 0.15) is 0 Å². The second kappa shape index (κ2) is 14.9. The smallest absolute Gasteiger partial charge is 0.0384 e. The van der Waals surface area contributed by atoms with Crippen LogP contribution in [0.25, 0.3) is 0 Å². The highest BCUT2D eigenvalue weighted by Gasteiger charge is 2.19. The van der Waals surface area contributed by atoms with Crippen molar-refractivity contribution < 1.29 is 0 Å². The minimum absolute atomic E-state index is 0.280. The Kier molecular flexibility index (Phi) is 13.9. The summed E-state index contributed by atoms with van der Waals surface area (Å²) in [6, 6.07) is 8.42. The van der Waals surface area contributed by atoms with Crippen LogP contribution in [-0.2, 0) is 0 Å². The van der Waals surface area contributed by atoms with Crippen LogP contribution in [0.15, 0.2) is 60.2 Å². The van der Waals surface area contributed by atoms with Crippen molar-refractivity contribution in [2.75, 3.05) is 0 Å². The summed E-state index contributed by atoms with van der Waals surface area (Å²) in [5.41, 5.74) is 4.09. The molecule has 0 fully saturated rings. The predicted molar refractivity (Wildman–Crippen MR) is 138 cm³/mol. The Labute approximate surface area is 188 Å². The Balaban J connectivity index is 0.00000198. The van der Waals surface area contributed by atoms with E-state index < -0.39 is 0 Å². The Morgan fingerprint density at radius 3 is 2.20 bits per heavy atom. The van der Waals surface area contributed by atoms with Gasteiger partial charge in [-0.2, -0.15) is 0 Å². The van der Waals surface area contributed by atoms with E-state index in [1.165, 1.54) is 24.0 Å². The fourth-order valence-electron chi connectivity index (χ4n) is 3.14. The minimum Gasteiger partial charge on any atom is -0.0903 e. The molecule has 166 valence electrons. The van der Waals surface area contributed by atoms with Gasteiger partial charge in [-0.25, -0.2) is 0 Å². The van der Waals surface area contributed by atoms with Crippen LogP contribution in [0, 0.1) is 41.9 Å². The number of hydrogen-bond donors (Lipinski definition) is 0. The monoisotopic (exact) mass is 406 g/mol. The highest BCUT2D eigenvalue weighted by Crippen LogP contribution is 2.32. The van der Waals surface area contributed by atoms with Crippen molar-refractivity contribution in [2.45, 2.75) is 82.1 Å². The van der Waals surface area contributed by atoms with Crippen LogP contribution in [0.2, 0.25) is 0 Å². The van der Waals surface area contributed by atoms with Crippen LogP contribution in [0.1, 0.15) is 86.3 Å². The average molecular weight is 407 g/mol. The van der Waals surface area contributed by atoms with Crippen molar-refractivity contribution >= 4 is 0 Å². The van der Waals surface area contributed by atoms with Crippen molar-refractivity contribution in [2.24, 2.45) is 23.2 Å². The summed E-state index contributed by atoms with van der Waals surface area (Å²) in [5, 5.41) is 0. The van der Waals surface area contributed by atoms with Gasteiger partial charge < -0.3 is 0 Å². The van der Waals surface area contributed by atoms with Crippen LogP contribution < -0.4 is 0 Å². The molecule has 1 aromatic carbocycles. The number of benzene rings is 1. The summed E-state index contributed by atoms with van der Waals surface area (Å²) >= 11 is 0. The van der Waals surface area contributed by atoms with E-state index >= 15 is 0 Å². The van der Waals surface area contributed by atoms with Gasteiger partial charge in [-0.15, -0.1) is 0 Å². The van der Waals surface area contributed by atoms with E-state index in [1.54, 1.807) is 0 Å². The lowest BCUT2D eigenvalue weighted by Crippen LogP contribution is -2.14. The third-order valence-corrected chi connectivity index (χ3v) is 5.27. The van der Waals surface area contributed by atoms with Crippen LogP contribution in [0.3, 0.4) is 0 Å². The number of aryl methyl sites for hydroxylation is 1. The highest BCUT2D eigenvalue weighted by atomic mass is 14.2. The molecule has 0 aliphatic heterocycles. The Bertz CT molecular complexity index is 728. The summed E-state index contributed by atoms with van der Waals surface area (Å²) in [4.78, 5) is 0. The molecule has 1 aromatic rings. The lowest BCUT2D eigenvalue weighted by molar-refractivity contribution is 0.381. The minimum atomic E-state index is 0.280. The summed E-state index contributed by atoms with van der Waals surface area (Å²) in [6.45, 7) is 21.4. The molecule has 0 saturated carbocycles. The summed E-state index contributed by atoms with van der Waals surface area (Å²) in [6.07, 6.45) is 14.3. The van der Waals surface area contributed by atoms with E-state index in [9.17, 15) is 0 Å². The zero-order valence-electron chi connectivity index (χ0n) is 21.3. The van der Waals surface area contributed by atoms with Gasteiger partial charge in [0.2, 0.25) is 0 Å². The molecule has 3 atom stereocenters. The molecule has 30 heavy (non-hydrogen) atoms. The van der Waals surface area contributed by atoms with Gasteiger partial charge in [0, 0.05) is 11.5 Å². The molecule has 2 rings (SSSR count). The molecule has 0 aromatic heterocycles. The summed E-state index contributed by atoms with van der Waals surface area (Å²) in [7, 11) is 0. The number of allylic oxidation sites excluding steroid dienone is 6. The van der Waals surface area contributed by atoms with Crippen molar-refractivity contribution in [1.29, 1.82) is 0 Å². The molecule has 0 amide bonds.